The van der Waals surface area contributed by atoms with Gasteiger partial charge >= 0.3 is 6.03 Å². The van der Waals surface area contributed by atoms with Crippen molar-refractivity contribution in [2.75, 3.05) is 19.7 Å². The topological polar surface area (TPSA) is 68.4 Å². The Balaban J connectivity index is 1.57. The first-order valence-corrected chi connectivity index (χ1v) is 7.46. The third-order valence-electron chi connectivity index (χ3n) is 4.08. The fourth-order valence-electron chi connectivity index (χ4n) is 2.91. The molecule has 0 radical (unpaired) electrons. The van der Waals surface area contributed by atoms with Crippen LogP contribution in [-0.2, 0) is 6.54 Å². The summed E-state index contributed by atoms with van der Waals surface area (Å²) >= 11 is 0. The van der Waals surface area contributed by atoms with Crippen molar-refractivity contribution in [3.05, 3.63) is 36.0 Å². The number of piperidine rings is 1. The van der Waals surface area contributed by atoms with Crippen LogP contribution in [0.25, 0.3) is 10.9 Å². The van der Waals surface area contributed by atoms with Gasteiger partial charge in [0.2, 0.25) is 0 Å². The van der Waals surface area contributed by atoms with E-state index < -0.39 is 0 Å². The van der Waals surface area contributed by atoms with E-state index in [0.29, 0.717) is 13.1 Å². The van der Waals surface area contributed by atoms with Crippen LogP contribution in [0.5, 0.6) is 0 Å². The Morgan fingerprint density at radius 2 is 2.29 bits per heavy atom. The summed E-state index contributed by atoms with van der Waals surface area (Å²) in [6, 6.07) is 10.1. The molecular weight excluding hydrogens is 266 g/mol. The van der Waals surface area contributed by atoms with Crippen LogP contribution in [0.2, 0.25) is 0 Å². The van der Waals surface area contributed by atoms with Crippen LogP contribution in [0, 0.1) is 5.92 Å². The third-order valence-corrected chi connectivity index (χ3v) is 4.08. The standard InChI is InChI=1S/C16H21N3O2/c20-11-12-4-3-7-19(10-12)16(21)17-9-14-8-13-5-1-2-6-15(13)18-14/h1-2,5-6,8,12,18,20H,3-4,7,9-11H2,(H,17,21). The molecule has 1 fully saturated rings. The zero-order chi connectivity index (χ0) is 14.7. The molecule has 0 saturated carbocycles. The highest BCUT2D eigenvalue weighted by atomic mass is 16.3. The monoisotopic (exact) mass is 287 g/mol. The number of benzene rings is 1. The Morgan fingerprint density at radius 3 is 3.10 bits per heavy atom. The normalized spacial score (nSPS) is 18.9. The molecule has 3 rings (SSSR count). The number of rotatable bonds is 3. The fraction of sp³-hybridized carbons (Fsp3) is 0.438. The highest BCUT2D eigenvalue weighted by Gasteiger charge is 2.22. The van der Waals surface area contributed by atoms with E-state index in [-0.39, 0.29) is 18.6 Å². The molecule has 112 valence electrons. The van der Waals surface area contributed by atoms with Gasteiger partial charge in [0, 0.05) is 30.9 Å². The lowest BCUT2D eigenvalue weighted by molar-refractivity contribution is 0.129. The van der Waals surface area contributed by atoms with Gasteiger partial charge in [0.1, 0.15) is 0 Å². The second kappa shape index (κ2) is 6.18. The molecule has 0 spiro atoms. The largest absolute Gasteiger partial charge is 0.396 e. The first-order valence-electron chi connectivity index (χ1n) is 7.46. The molecule has 5 nitrogen and oxygen atoms in total. The molecule has 1 aliphatic rings. The van der Waals surface area contributed by atoms with E-state index >= 15 is 0 Å². The van der Waals surface area contributed by atoms with Crippen LogP contribution in [0.15, 0.2) is 30.3 Å². The van der Waals surface area contributed by atoms with Crippen molar-refractivity contribution < 1.29 is 9.90 Å². The number of urea groups is 1. The number of nitrogens with one attached hydrogen (secondary N) is 2. The maximum Gasteiger partial charge on any atom is 0.317 e. The summed E-state index contributed by atoms with van der Waals surface area (Å²) in [5, 5.41) is 13.3. The first kappa shape index (κ1) is 13.9. The van der Waals surface area contributed by atoms with Gasteiger partial charge in [0.15, 0.2) is 0 Å². The number of aliphatic hydroxyl groups is 1. The number of fused-ring (bicyclic) bond motifs is 1. The van der Waals surface area contributed by atoms with Gasteiger partial charge in [-0.15, -0.1) is 0 Å². The molecule has 1 aliphatic heterocycles. The molecule has 0 aliphatic carbocycles. The predicted molar refractivity (Wildman–Crippen MR) is 81.9 cm³/mol. The van der Waals surface area contributed by atoms with Crippen LogP contribution < -0.4 is 5.32 Å². The molecule has 1 atom stereocenters. The molecule has 1 saturated heterocycles. The van der Waals surface area contributed by atoms with E-state index in [1.54, 1.807) is 4.90 Å². The zero-order valence-corrected chi connectivity index (χ0v) is 12.0. The highest BCUT2D eigenvalue weighted by molar-refractivity contribution is 5.80. The third kappa shape index (κ3) is 3.19. The molecule has 2 heterocycles. The van der Waals surface area contributed by atoms with Crippen LogP contribution in [0.3, 0.4) is 0 Å². The van der Waals surface area contributed by atoms with Crippen LogP contribution in [-0.4, -0.2) is 40.7 Å². The number of hydrogen-bond donors (Lipinski definition) is 3. The van der Waals surface area contributed by atoms with Gasteiger partial charge in [-0.1, -0.05) is 18.2 Å². The van der Waals surface area contributed by atoms with Crippen molar-refractivity contribution >= 4 is 16.9 Å². The fourth-order valence-corrected chi connectivity index (χ4v) is 2.91. The molecule has 21 heavy (non-hydrogen) atoms. The quantitative estimate of drug-likeness (QED) is 0.809. The van der Waals surface area contributed by atoms with E-state index in [4.69, 9.17) is 0 Å². The molecular formula is C16H21N3O2. The zero-order valence-electron chi connectivity index (χ0n) is 12.0. The SMILES string of the molecule is O=C(NCc1cc2ccccc2[nH]1)N1CCCC(CO)C1. The molecule has 1 unspecified atom stereocenters. The number of likely N-dealkylation sites (tertiary alicyclic amines) is 1. The summed E-state index contributed by atoms with van der Waals surface area (Å²) in [6.45, 7) is 2.07. The second-order valence-electron chi connectivity index (χ2n) is 5.68. The number of carbonyl (C=O) groups is 1. The summed E-state index contributed by atoms with van der Waals surface area (Å²) in [5.41, 5.74) is 2.08. The minimum absolute atomic E-state index is 0.0493. The van der Waals surface area contributed by atoms with Gasteiger partial charge in [-0.25, -0.2) is 4.79 Å². The van der Waals surface area contributed by atoms with E-state index in [2.05, 4.69) is 16.4 Å². The molecule has 1 aromatic heterocycles. The highest BCUT2D eigenvalue weighted by Crippen LogP contribution is 2.17. The Bertz CT molecular complexity index is 590. The Morgan fingerprint density at radius 1 is 1.43 bits per heavy atom. The van der Waals surface area contributed by atoms with Gasteiger partial charge in [0.05, 0.1) is 6.54 Å². The lowest BCUT2D eigenvalue weighted by Gasteiger charge is -2.31. The average molecular weight is 287 g/mol. The molecule has 3 N–H and O–H groups in total. The maximum absolute atomic E-state index is 12.2. The minimum atomic E-state index is -0.0493. The number of aromatic nitrogens is 1. The van der Waals surface area contributed by atoms with Gasteiger partial charge in [0.25, 0.3) is 0 Å². The van der Waals surface area contributed by atoms with Crippen molar-refractivity contribution in [3.8, 4) is 0 Å². The van der Waals surface area contributed by atoms with Gasteiger partial charge in [-0.05, 0) is 36.3 Å². The number of aromatic amines is 1. The number of para-hydroxylation sites is 1. The molecule has 5 heteroatoms. The maximum atomic E-state index is 12.2. The number of aliphatic hydroxyl groups excluding tert-OH is 1. The van der Waals surface area contributed by atoms with E-state index in [0.717, 1.165) is 36.0 Å². The van der Waals surface area contributed by atoms with Crippen molar-refractivity contribution in [1.82, 2.24) is 15.2 Å². The summed E-state index contributed by atoms with van der Waals surface area (Å²) < 4.78 is 0. The van der Waals surface area contributed by atoms with Crippen LogP contribution in [0.1, 0.15) is 18.5 Å². The van der Waals surface area contributed by atoms with Gasteiger partial charge in [-0.2, -0.15) is 0 Å². The molecule has 0 bridgehead atoms. The van der Waals surface area contributed by atoms with E-state index in [9.17, 15) is 9.90 Å². The summed E-state index contributed by atoms with van der Waals surface area (Å²) in [5.74, 6) is 0.220. The minimum Gasteiger partial charge on any atom is -0.396 e. The van der Waals surface area contributed by atoms with Crippen molar-refractivity contribution in [2.24, 2.45) is 5.92 Å². The smallest absolute Gasteiger partial charge is 0.317 e. The van der Waals surface area contributed by atoms with Crippen molar-refractivity contribution in [1.29, 1.82) is 0 Å². The van der Waals surface area contributed by atoms with E-state index in [1.807, 2.05) is 24.3 Å². The Labute approximate surface area is 124 Å². The van der Waals surface area contributed by atoms with Crippen LogP contribution >= 0.6 is 0 Å². The first-order chi connectivity index (χ1) is 10.3. The lowest BCUT2D eigenvalue weighted by Crippen LogP contribution is -2.45. The number of amides is 2. The predicted octanol–water partition coefficient (Wildman–Crippen LogP) is 2.08. The summed E-state index contributed by atoms with van der Waals surface area (Å²) in [7, 11) is 0. The van der Waals surface area contributed by atoms with E-state index in [1.165, 1.54) is 0 Å². The average Bonchev–Trinajstić information content (AvgIpc) is 2.95. The number of H-pyrrole nitrogens is 1. The second-order valence-corrected chi connectivity index (χ2v) is 5.68. The lowest BCUT2D eigenvalue weighted by atomic mass is 9.99. The van der Waals surface area contributed by atoms with Crippen LogP contribution in [0.4, 0.5) is 4.79 Å². The molecule has 2 aromatic rings. The summed E-state index contributed by atoms with van der Waals surface area (Å²) in [6.07, 6.45) is 1.97. The van der Waals surface area contributed by atoms with Gasteiger partial charge < -0.3 is 20.3 Å². The molecule has 1 aromatic carbocycles. The van der Waals surface area contributed by atoms with Crippen molar-refractivity contribution in [3.63, 3.8) is 0 Å². The van der Waals surface area contributed by atoms with Gasteiger partial charge in [-0.3, -0.25) is 0 Å². The Kier molecular flexibility index (Phi) is 4.10. The van der Waals surface area contributed by atoms with Crippen molar-refractivity contribution in [2.45, 2.75) is 19.4 Å². The number of carbonyl (C=O) groups excluding carboxylic acids is 1. The Hall–Kier alpha value is -2.01. The number of hydrogen-bond acceptors (Lipinski definition) is 2. The summed E-state index contributed by atoms with van der Waals surface area (Å²) in [4.78, 5) is 17.3. The molecule has 2 amide bonds. The number of nitrogens with zero attached hydrogens (tertiary/aromatic N) is 1.